The average molecular weight is 268 g/mol. The summed E-state index contributed by atoms with van der Waals surface area (Å²) >= 11 is 1.83. The first-order chi connectivity index (χ1) is 8.64. The largest absolute Gasteiger partial charge is 0.368 e. The van der Waals surface area contributed by atoms with Crippen LogP contribution in [0.3, 0.4) is 0 Å². The lowest BCUT2D eigenvalue weighted by Gasteiger charge is -2.27. The highest BCUT2D eigenvalue weighted by atomic mass is 32.2. The maximum atomic E-state index is 5.82. The summed E-state index contributed by atoms with van der Waals surface area (Å²) in [4.78, 5) is 9.21. The molecule has 0 spiro atoms. The molecule has 0 aromatic carbocycles. The Hall–Kier alpha value is -0.850. The molecule has 1 aliphatic heterocycles. The van der Waals surface area contributed by atoms with Crippen molar-refractivity contribution in [2.24, 2.45) is 5.84 Å². The Kier molecular flexibility index (Phi) is 4.09. The van der Waals surface area contributed by atoms with Gasteiger partial charge in [0.25, 0.3) is 0 Å². The van der Waals surface area contributed by atoms with Crippen molar-refractivity contribution >= 4 is 17.6 Å². The van der Waals surface area contributed by atoms with Crippen LogP contribution in [0.25, 0.3) is 0 Å². The Labute approximate surface area is 112 Å². The van der Waals surface area contributed by atoms with E-state index in [1.165, 1.54) is 0 Å². The van der Waals surface area contributed by atoms with E-state index in [1.807, 2.05) is 25.6 Å². The quantitative estimate of drug-likeness (QED) is 0.630. The van der Waals surface area contributed by atoms with Crippen molar-refractivity contribution in [1.82, 2.24) is 9.97 Å². The van der Waals surface area contributed by atoms with Crippen LogP contribution in [0.5, 0.6) is 0 Å². The number of anilines is 1. The van der Waals surface area contributed by atoms with E-state index in [9.17, 15) is 0 Å². The molecular weight excluding hydrogens is 248 g/mol. The van der Waals surface area contributed by atoms with Gasteiger partial charge >= 0.3 is 0 Å². The fourth-order valence-electron chi connectivity index (χ4n) is 2.05. The molecule has 100 valence electrons. The molecule has 0 amide bonds. The van der Waals surface area contributed by atoms with Gasteiger partial charge in [-0.05, 0) is 20.3 Å². The van der Waals surface area contributed by atoms with Crippen molar-refractivity contribution in [3.8, 4) is 0 Å². The summed E-state index contributed by atoms with van der Waals surface area (Å²) in [6, 6.07) is 0. The molecule has 0 saturated carbocycles. The summed E-state index contributed by atoms with van der Waals surface area (Å²) in [5.41, 5.74) is 4.45. The van der Waals surface area contributed by atoms with Crippen LogP contribution < -0.4 is 11.3 Å². The molecule has 0 aliphatic carbocycles. The third-order valence-electron chi connectivity index (χ3n) is 3.33. The average Bonchev–Trinajstić information content (AvgIpc) is 2.85. The van der Waals surface area contributed by atoms with E-state index < -0.39 is 5.60 Å². The van der Waals surface area contributed by atoms with E-state index >= 15 is 0 Å². The molecule has 1 aromatic rings. The fourth-order valence-corrected chi connectivity index (χ4v) is 3.09. The van der Waals surface area contributed by atoms with Gasteiger partial charge in [-0.25, -0.2) is 15.8 Å². The van der Waals surface area contributed by atoms with Crippen molar-refractivity contribution in [3.05, 3.63) is 17.1 Å². The number of thioether (sulfide) groups is 1. The number of ether oxygens (including phenoxy) is 1. The molecule has 18 heavy (non-hydrogen) atoms. The summed E-state index contributed by atoms with van der Waals surface area (Å²) < 4.78 is 5.82. The molecule has 5 nitrogen and oxygen atoms in total. The summed E-state index contributed by atoms with van der Waals surface area (Å²) in [5, 5.41) is 0. The highest BCUT2D eigenvalue weighted by molar-refractivity contribution is 7.98. The summed E-state index contributed by atoms with van der Waals surface area (Å²) in [7, 11) is 0. The SMILES string of the molecule is CCOC(C)(CC)c1nc2c(c(NN)n1)CSC2. The number of hydrazine groups is 1. The minimum Gasteiger partial charge on any atom is -0.368 e. The van der Waals surface area contributed by atoms with Crippen molar-refractivity contribution in [1.29, 1.82) is 0 Å². The van der Waals surface area contributed by atoms with E-state index in [1.54, 1.807) is 0 Å². The minimum atomic E-state index is -0.442. The van der Waals surface area contributed by atoms with Crippen LogP contribution in [-0.4, -0.2) is 16.6 Å². The zero-order valence-electron chi connectivity index (χ0n) is 11.1. The first-order valence-corrected chi connectivity index (χ1v) is 7.38. The van der Waals surface area contributed by atoms with Gasteiger partial charge in [-0.3, -0.25) is 0 Å². The predicted octanol–water partition coefficient (Wildman–Crippen LogP) is 2.17. The minimum absolute atomic E-state index is 0.442. The number of aromatic nitrogens is 2. The lowest BCUT2D eigenvalue weighted by Crippen LogP contribution is -2.29. The van der Waals surface area contributed by atoms with Gasteiger partial charge in [0.2, 0.25) is 0 Å². The second-order valence-electron chi connectivity index (χ2n) is 4.48. The molecule has 2 heterocycles. The number of nitrogens with one attached hydrogen (secondary N) is 1. The van der Waals surface area contributed by atoms with Crippen LogP contribution in [0.15, 0.2) is 0 Å². The second-order valence-corrected chi connectivity index (χ2v) is 5.46. The van der Waals surface area contributed by atoms with Crippen LogP contribution in [-0.2, 0) is 21.8 Å². The summed E-state index contributed by atoms with van der Waals surface area (Å²) in [5.74, 6) is 8.86. The van der Waals surface area contributed by atoms with Crippen LogP contribution in [0, 0.1) is 0 Å². The van der Waals surface area contributed by atoms with E-state index in [-0.39, 0.29) is 0 Å². The van der Waals surface area contributed by atoms with E-state index in [0.717, 1.165) is 40.8 Å². The Morgan fingerprint density at radius 2 is 2.17 bits per heavy atom. The molecule has 1 aliphatic rings. The lowest BCUT2D eigenvalue weighted by atomic mass is 10.0. The molecule has 3 N–H and O–H groups in total. The van der Waals surface area contributed by atoms with E-state index in [2.05, 4.69) is 22.3 Å². The number of nitrogen functional groups attached to an aromatic ring is 1. The van der Waals surface area contributed by atoms with Crippen molar-refractivity contribution in [2.75, 3.05) is 12.0 Å². The number of hydrogen-bond donors (Lipinski definition) is 2. The van der Waals surface area contributed by atoms with Gasteiger partial charge in [0, 0.05) is 23.7 Å². The van der Waals surface area contributed by atoms with Gasteiger partial charge in [0.15, 0.2) is 5.82 Å². The molecule has 0 bridgehead atoms. The number of rotatable bonds is 5. The fraction of sp³-hybridized carbons (Fsp3) is 0.667. The summed E-state index contributed by atoms with van der Waals surface area (Å²) in [6.07, 6.45) is 0.830. The topological polar surface area (TPSA) is 73.1 Å². The van der Waals surface area contributed by atoms with E-state index in [4.69, 9.17) is 10.6 Å². The number of fused-ring (bicyclic) bond motifs is 1. The van der Waals surface area contributed by atoms with Crippen LogP contribution in [0.4, 0.5) is 5.82 Å². The van der Waals surface area contributed by atoms with Gasteiger partial charge in [0.05, 0.1) is 5.69 Å². The van der Waals surface area contributed by atoms with Crippen LogP contribution in [0.1, 0.15) is 44.3 Å². The predicted molar refractivity (Wildman–Crippen MR) is 74.1 cm³/mol. The molecule has 2 rings (SSSR count). The van der Waals surface area contributed by atoms with Crippen molar-refractivity contribution < 1.29 is 4.74 Å². The first kappa shape index (κ1) is 13.6. The number of nitrogens with two attached hydrogens (primary N) is 1. The molecule has 6 heteroatoms. The van der Waals surface area contributed by atoms with Gasteiger partial charge in [-0.1, -0.05) is 6.92 Å². The monoisotopic (exact) mass is 268 g/mol. The Morgan fingerprint density at radius 1 is 1.39 bits per heavy atom. The molecule has 1 atom stereocenters. The summed E-state index contributed by atoms with van der Waals surface area (Å²) in [6.45, 7) is 6.74. The second kappa shape index (κ2) is 5.42. The number of nitrogens with zero attached hydrogens (tertiary/aromatic N) is 2. The normalized spacial score (nSPS) is 17.3. The van der Waals surface area contributed by atoms with E-state index in [0.29, 0.717) is 6.61 Å². The zero-order chi connectivity index (χ0) is 13.2. The highest BCUT2D eigenvalue weighted by Gasteiger charge is 2.31. The van der Waals surface area contributed by atoms with Gasteiger partial charge in [-0.15, -0.1) is 0 Å². The smallest absolute Gasteiger partial charge is 0.162 e. The first-order valence-electron chi connectivity index (χ1n) is 6.23. The number of hydrogen-bond acceptors (Lipinski definition) is 6. The third kappa shape index (κ3) is 2.32. The molecule has 0 radical (unpaired) electrons. The van der Waals surface area contributed by atoms with Crippen LogP contribution in [0.2, 0.25) is 0 Å². The third-order valence-corrected chi connectivity index (χ3v) is 4.30. The molecular formula is C12H20N4OS. The zero-order valence-corrected chi connectivity index (χ0v) is 11.9. The molecule has 1 unspecified atom stereocenters. The van der Waals surface area contributed by atoms with Gasteiger partial charge in [0.1, 0.15) is 11.4 Å². The Bertz CT molecular complexity index is 440. The maximum Gasteiger partial charge on any atom is 0.162 e. The van der Waals surface area contributed by atoms with Crippen molar-refractivity contribution in [3.63, 3.8) is 0 Å². The van der Waals surface area contributed by atoms with Crippen molar-refractivity contribution in [2.45, 2.75) is 44.3 Å². The van der Waals surface area contributed by atoms with Gasteiger partial charge in [-0.2, -0.15) is 11.8 Å². The molecule has 0 saturated heterocycles. The van der Waals surface area contributed by atoms with Gasteiger partial charge < -0.3 is 10.2 Å². The molecule has 1 aromatic heterocycles. The molecule has 0 fully saturated rings. The maximum absolute atomic E-state index is 5.82. The Balaban J connectivity index is 2.45. The Morgan fingerprint density at radius 3 is 2.78 bits per heavy atom. The van der Waals surface area contributed by atoms with Crippen LogP contribution >= 0.6 is 11.8 Å². The lowest BCUT2D eigenvalue weighted by molar-refractivity contribution is -0.0390. The highest BCUT2D eigenvalue weighted by Crippen LogP contribution is 2.35. The standard InChI is InChI=1S/C12H20N4OS/c1-4-12(3,17-5-2)11-14-9-7-18-6-8(9)10(15-11)16-13/h4-7,13H2,1-3H3,(H,14,15,16).